The van der Waals surface area contributed by atoms with Gasteiger partial charge in [-0.2, -0.15) is 0 Å². The lowest BCUT2D eigenvalue weighted by Crippen LogP contribution is -2.08. The smallest absolute Gasteiger partial charge is 0.313 e. The van der Waals surface area contributed by atoms with E-state index in [2.05, 4.69) is 0 Å². The van der Waals surface area contributed by atoms with Crippen LogP contribution in [0.2, 0.25) is 15.1 Å². The normalized spacial score (nSPS) is 12.0. The van der Waals surface area contributed by atoms with Crippen molar-refractivity contribution in [2.45, 2.75) is 11.7 Å². The predicted molar refractivity (Wildman–Crippen MR) is 99.7 cm³/mol. The Balaban J connectivity index is 2.21. The first-order chi connectivity index (χ1) is 11.4. The second-order valence-electron chi connectivity index (χ2n) is 5.00. The molecule has 0 saturated heterocycles. The maximum absolute atomic E-state index is 12.5. The zero-order valence-electron chi connectivity index (χ0n) is 12.3. The van der Waals surface area contributed by atoms with Crippen LogP contribution in [0.1, 0.15) is 27.6 Å². The molecule has 2 aromatic rings. The maximum atomic E-state index is 12.5. The van der Waals surface area contributed by atoms with Crippen LogP contribution in [0.5, 0.6) is 0 Å². The molecule has 2 rings (SSSR count). The third kappa shape index (κ3) is 5.42. The summed E-state index contributed by atoms with van der Waals surface area (Å²) in [6, 6.07) is 11.7. The largest absolute Gasteiger partial charge is 0.481 e. The van der Waals surface area contributed by atoms with Crippen LogP contribution in [0, 0.1) is 0 Å². The molecule has 3 nitrogen and oxygen atoms in total. The number of ketones is 1. The quantitative estimate of drug-likeness (QED) is 0.595. The number of benzene rings is 2. The Kier molecular flexibility index (Phi) is 6.99. The third-order valence-electron chi connectivity index (χ3n) is 3.26. The number of aliphatic carboxylic acids is 1. The monoisotopic (exact) mass is 402 g/mol. The highest BCUT2D eigenvalue weighted by atomic mass is 35.5. The van der Waals surface area contributed by atoms with Gasteiger partial charge in [0.1, 0.15) is 0 Å². The van der Waals surface area contributed by atoms with E-state index in [-0.39, 0.29) is 23.2 Å². The van der Waals surface area contributed by atoms with Crippen LogP contribution in [0.15, 0.2) is 42.5 Å². The molecule has 1 N–H and O–H groups in total. The fraction of sp³-hybridized carbons (Fsp3) is 0.176. The zero-order valence-corrected chi connectivity index (χ0v) is 15.4. The Bertz CT molecular complexity index is 747. The van der Waals surface area contributed by atoms with Gasteiger partial charge >= 0.3 is 5.97 Å². The van der Waals surface area contributed by atoms with Crippen molar-refractivity contribution in [3.8, 4) is 0 Å². The van der Waals surface area contributed by atoms with Crippen LogP contribution < -0.4 is 0 Å². The molecule has 0 fully saturated rings. The summed E-state index contributed by atoms with van der Waals surface area (Å²) in [5, 5.41) is 9.91. The van der Waals surface area contributed by atoms with Crippen LogP contribution in [-0.2, 0) is 4.79 Å². The summed E-state index contributed by atoms with van der Waals surface area (Å²) in [7, 11) is 0. The summed E-state index contributed by atoms with van der Waals surface area (Å²) >= 11 is 19.0. The molecule has 0 heterocycles. The molecule has 0 aromatic heterocycles. The number of hydrogen-bond donors (Lipinski definition) is 1. The van der Waals surface area contributed by atoms with Gasteiger partial charge in [-0.3, -0.25) is 9.59 Å². The summed E-state index contributed by atoms with van der Waals surface area (Å²) in [5.74, 6) is -1.15. The lowest BCUT2D eigenvalue weighted by Gasteiger charge is -2.16. The first-order valence-corrected chi connectivity index (χ1v) is 9.12. The minimum absolute atomic E-state index is 0.0966. The standard InChI is InChI=1S/C17H13Cl3O3S/c18-12-4-1-10(2-5-12)15(21)8-16(24-9-17(22)23)11-3-6-13(19)14(20)7-11/h1-7,16H,8-9H2,(H,22,23)/t16-/m0/s1. The molecule has 1 atom stereocenters. The van der Waals surface area contributed by atoms with E-state index in [0.29, 0.717) is 20.6 Å². The van der Waals surface area contributed by atoms with Gasteiger partial charge in [-0.1, -0.05) is 40.9 Å². The summed E-state index contributed by atoms with van der Waals surface area (Å²) in [6.07, 6.45) is 0.150. The third-order valence-corrected chi connectivity index (χ3v) is 5.51. The average Bonchev–Trinajstić information content (AvgIpc) is 2.54. The van der Waals surface area contributed by atoms with Crippen molar-refractivity contribution in [1.29, 1.82) is 0 Å². The number of carbonyl (C=O) groups is 2. The van der Waals surface area contributed by atoms with E-state index in [9.17, 15) is 9.59 Å². The molecule has 7 heteroatoms. The van der Waals surface area contributed by atoms with Gasteiger partial charge in [0.25, 0.3) is 0 Å². The van der Waals surface area contributed by atoms with Gasteiger partial charge in [-0.15, -0.1) is 11.8 Å². The number of Topliss-reactive ketones (excluding diaryl/α,β-unsaturated/α-hetero) is 1. The predicted octanol–water partition coefficient (Wildman–Crippen LogP) is 5.78. The second-order valence-corrected chi connectivity index (χ2v) is 7.44. The molecule has 0 unspecified atom stereocenters. The number of carboxylic acid groups (broad SMARTS) is 1. The fourth-order valence-corrected chi connectivity index (χ4v) is 3.46. The molecule has 0 spiro atoms. The van der Waals surface area contributed by atoms with E-state index >= 15 is 0 Å². The van der Waals surface area contributed by atoms with Gasteiger partial charge in [0.2, 0.25) is 0 Å². The van der Waals surface area contributed by atoms with E-state index in [1.165, 1.54) is 11.8 Å². The van der Waals surface area contributed by atoms with E-state index < -0.39 is 5.97 Å². The number of halogens is 3. The van der Waals surface area contributed by atoms with Crippen molar-refractivity contribution < 1.29 is 14.7 Å². The minimum atomic E-state index is -0.941. The molecule has 0 bridgehead atoms. The highest BCUT2D eigenvalue weighted by molar-refractivity contribution is 8.00. The highest BCUT2D eigenvalue weighted by Gasteiger charge is 2.20. The number of rotatable bonds is 7. The first kappa shape index (κ1) is 19.1. The van der Waals surface area contributed by atoms with Gasteiger partial charge in [0.15, 0.2) is 5.78 Å². The molecule has 0 radical (unpaired) electrons. The van der Waals surface area contributed by atoms with Gasteiger partial charge in [-0.05, 0) is 42.0 Å². The SMILES string of the molecule is O=C(O)CS[C@@H](CC(=O)c1ccc(Cl)cc1)c1ccc(Cl)c(Cl)c1. The van der Waals surface area contributed by atoms with Crippen LogP contribution in [0.4, 0.5) is 0 Å². The second kappa shape index (κ2) is 8.77. The van der Waals surface area contributed by atoms with Crippen molar-refractivity contribution in [1.82, 2.24) is 0 Å². The summed E-state index contributed by atoms with van der Waals surface area (Å²) in [6.45, 7) is 0. The Morgan fingerprint density at radius 2 is 1.67 bits per heavy atom. The van der Waals surface area contributed by atoms with Gasteiger partial charge < -0.3 is 5.11 Å². The van der Waals surface area contributed by atoms with Crippen LogP contribution in [0.25, 0.3) is 0 Å². The minimum Gasteiger partial charge on any atom is -0.481 e. The molecule has 2 aromatic carbocycles. The summed E-state index contributed by atoms with van der Waals surface area (Å²) < 4.78 is 0. The Morgan fingerprint density at radius 3 is 2.25 bits per heavy atom. The maximum Gasteiger partial charge on any atom is 0.313 e. The van der Waals surface area contributed by atoms with Crippen molar-refractivity contribution in [2.75, 3.05) is 5.75 Å². The molecule has 126 valence electrons. The lowest BCUT2D eigenvalue weighted by atomic mass is 10.0. The Hall–Kier alpha value is -1.20. The molecular weight excluding hydrogens is 391 g/mol. The zero-order chi connectivity index (χ0) is 17.7. The Morgan fingerprint density at radius 1 is 1.00 bits per heavy atom. The van der Waals surface area contributed by atoms with Crippen molar-refractivity contribution in [2.24, 2.45) is 0 Å². The molecule has 0 amide bonds. The van der Waals surface area contributed by atoms with Crippen molar-refractivity contribution in [3.63, 3.8) is 0 Å². The van der Waals surface area contributed by atoms with Crippen molar-refractivity contribution in [3.05, 3.63) is 68.7 Å². The Labute approximate surface area is 158 Å². The van der Waals surface area contributed by atoms with Gasteiger partial charge in [0.05, 0.1) is 15.8 Å². The highest BCUT2D eigenvalue weighted by Crippen LogP contribution is 2.36. The topological polar surface area (TPSA) is 54.4 Å². The molecule has 24 heavy (non-hydrogen) atoms. The molecule has 0 aliphatic heterocycles. The molecule has 0 aliphatic carbocycles. The lowest BCUT2D eigenvalue weighted by molar-refractivity contribution is -0.133. The summed E-state index contributed by atoms with van der Waals surface area (Å²) in [4.78, 5) is 23.4. The van der Waals surface area contributed by atoms with E-state index in [4.69, 9.17) is 39.9 Å². The number of carboxylic acids is 1. The molecule has 0 aliphatic rings. The van der Waals surface area contributed by atoms with Gasteiger partial charge in [0, 0.05) is 22.3 Å². The van der Waals surface area contributed by atoms with E-state index in [0.717, 1.165) is 5.56 Å². The van der Waals surface area contributed by atoms with E-state index in [1.54, 1.807) is 42.5 Å². The molecule has 0 saturated carbocycles. The van der Waals surface area contributed by atoms with Gasteiger partial charge in [-0.25, -0.2) is 0 Å². The number of hydrogen-bond acceptors (Lipinski definition) is 3. The van der Waals surface area contributed by atoms with Crippen LogP contribution >= 0.6 is 46.6 Å². The number of thioether (sulfide) groups is 1. The number of carbonyl (C=O) groups excluding carboxylic acids is 1. The molecular formula is C17H13Cl3O3S. The van der Waals surface area contributed by atoms with E-state index in [1.807, 2.05) is 0 Å². The van der Waals surface area contributed by atoms with Crippen molar-refractivity contribution >= 4 is 58.3 Å². The van der Waals surface area contributed by atoms with Crippen LogP contribution in [0.3, 0.4) is 0 Å². The van der Waals surface area contributed by atoms with Crippen LogP contribution in [-0.4, -0.2) is 22.6 Å². The summed E-state index contributed by atoms with van der Waals surface area (Å²) in [5.41, 5.74) is 1.29. The first-order valence-electron chi connectivity index (χ1n) is 6.94. The average molecular weight is 404 g/mol. The fourth-order valence-electron chi connectivity index (χ4n) is 2.08.